The van der Waals surface area contributed by atoms with Gasteiger partial charge in [0.25, 0.3) is 0 Å². The molecule has 0 aromatic carbocycles. The predicted molar refractivity (Wildman–Crippen MR) is 88.1 cm³/mol. The first-order chi connectivity index (χ1) is 11.6. The van der Waals surface area contributed by atoms with Crippen LogP contribution in [0.5, 0.6) is 0 Å². The minimum Gasteiger partial charge on any atom is -0.344 e. The van der Waals surface area contributed by atoms with Crippen LogP contribution in [0.25, 0.3) is 0 Å². The number of carbonyl (C=O) groups is 1. The summed E-state index contributed by atoms with van der Waals surface area (Å²) in [4.78, 5) is 24.2. The van der Waals surface area contributed by atoms with Crippen molar-refractivity contribution in [2.75, 3.05) is 20.1 Å². The zero-order valence-corrected chi connectivity index (χ0v) is 14.4. The minimum atomic E-state index is -0.839. The van der Waals surface area contributed by atoms with Crippen LogP contribution in [0.1, 0.15) is 17.8 Å². The number of likely N-dealkylation sites (N-methyl/N-ethyl adjacent to an activating group) is 1. The fourth-order valence-corrected chi connectivity index (χ4v) is 3.62. The fourth-order valence-electron chi connectivity index (χ4n) is 2.98. The summed E-state index contributed by atoms with van der Waals surface area (Å²) in [6.07, 6.45) is 4.79. The molecule has 1 saturated heterocycles. The Morgan fingerprint density at radius 1 is 1.54 bits per heavy atom. The summed E-state index contributed by atoms with van der Waals surface area (Å²) < 4.78 is 15.5. The number of likely N-dealkylation sites (tertiary alicyclic amines) is 1. The first-order valence-corrected chi connectivity index (χ1v) is 8.82. The molecule has 2 atom stereocenters. The smallest absolute Gasteiger partial charge is 0.224 e. The quantitative estimate of drug-likeness (QED) is 0.749. The van der Waals surface area contributed by atoms with Gasteiger partial charge >= 0.3 is 0 Å². The van der Waals surface area contributed by atoms with E-state index in [0.717, 1.165) is 5.01 Å². The predicted octanol–water partition coefficient (Wildman–Crippen LogP) is 1.20. The van der Waals surface area contributed by atoms with Crippen LogP contribution in [0, 0.1) is 0 Å². The van der Waals surface area contributed by atoms with Crippen molar-refractivity contribution in [3.8, 4) is 0 Å². The lowest BCUT2D eigenvalue weighted by Gasteiger charge is -2.27. The molecule has 0 aliphatic carbocycles. The molecule has 3 rings (SSSR count). The SMILES string of the molecule is CN(C[C@@H]1C[C@H](F)CN1Cc1nccs1)C(=O)CCn1cncn1. The minimum absolute atomic E-state index is 0.0296. The lowest BCUT2D eigenvalue weighted by atomic mass is 10.2. The van der Waals surface area contributed by atoms with Crippen molar-refractivity contribution in [1.82, 2.24) is 29.5 Å². The number of halogens is 1. The van der Waals surface area contributed by atoms with Gasteiger partial charge in [-0.3, -0.25) is 14.4 Å². The molecule has 9 heteroatoms. The summed E-state index contributed by atoms with van der Waals surface area (Å²) in [6.45, 7) is 2.08. The van der Waals surface area contributed by atoms with Gasteiger partial charge in [0, 0.05) is 44.2 Å². The van der Waals surface area contributed by atoms with E-state index < -0.39 is 6.17 Å². The molecule has 7 nitrogen and oxygen atoms in total. The third-order valence-corrected chi connectivity index (χ3v) is 4.99. The van der Waals surface area contributed by atoms with Gasteiger partial charge < -0.3 is 4.90 Å². The number of hydrogen-bond acceptors (Lipinski definition) is 6. The molecular formula is C15H21FN6OS. The molecule has 3 heterocycles. The zero-order chi connectivity index (χ0) is 16.9. The topological polar surface area (TPSA) is 67.2 Å². The van der Waals surface area contributed by atoms with E-state index in [0.29, 0.717) is 39.0 Å². The van der Waals surface area contributed by atoms with E-state index in [2.05, 4.69) is 20.0 Å². The van der Waals surface area contributed by atoms with E-state index >= 15 is 0 Å². The Kier molecular flexibility index (Phi) is 5.52. The number of aromatic nitrogens is 4. The molecular weight excluding hydrogens is 331 g/mol. The van der Waals surface area contributed by atoms with Crippen molar-refractivity contribution in [2.24, 2.45) is 0 Å². The Morgan fingerprint density at radius 2 is 2.42 bits per heavy atom. The van der Waals surface area contributed by atoms with Crippen LogP contribution in [0.3, 0.4) is 0 Å². The van der Waals surface area contributed by atoms with Crippen LogP contribution < -0.4 is 0 Å². The summed E-state index contributed by atoms with van der Waals surface area (Å²) in [5.41, 5.74) is 0. The van der Waals surface area contributed by atoms with Gasteiger partial charge in [0.05, 0.1) is 13.1 Å². The summed E-state index contributed by atoms with van der Waals surface area (Å²) in [6, 6.07) is 0.0317. The molecule has 0 N–H and O–H groups in total. The number of carbonyl (C=O) groups excluding carboxylic acids is 1. The Balaban J connectivity index is 1.51. The average molecular weight is 352 g/mol. The highest BCUT2D eigenvalue weighted by molar-refractivity contribution is 7.09. The summed E-state index contributed by atoms with van der Waals surface area (Å²) in [5, 5.41) is 6.89. The fraction of sp³-hybridized carbons (Fsp3) is 0.600. The highest BCUT2D eigenvalue weighted by Gasteiger charge is 2.33. The van der Waals surface area contributed by atoms with Gasteiger partial charge in [0.2, 0.25) is 5.91 Å². The molecule has 1 aliphatic rings. The number of rotatable bonds is 7. The van der Waals surface area contributed by atoms with Crippen molar-refractivity contribution in [3.05, 3.63) is 29.2 Å². The van der Waals surface area contributed by atoms with Crippen LogP contribution in [0.2, 0.25) is 0 Å². The highest BCUT2D eigenvalue weighted by atomic mass is 32.1. The van der Waals surface area contributed by atoms with Crippen LogP contribution in [-0.4, -0.2) is 67.8 Å². The molecule has 0 saturated carbocycles. The second-order valence-electron chi connectivity index (χ2n) is 6.02. The molecule has 2 aromatic heterocycles. The third kappa shape index (κ3) is 4.35. The van der Waals surface area contributed by atoms with Crippen LogP contribution in [0.4, 0.5) is 4.39 Å². The molecule has 2 aromatic rings. The first-order valence-electron chi connectivity index (χ1n) is 7.94. The van der Waals surface area contributed by atoms with Gasteiger partial charge in [0.1, 0.15) is 23.8 Å². The summed E-state index contributed by atoms with van der Waals surface area (Å²) in [5.74, 6) is 0.0296. The Bertz CT molecular complexity index is 634. The van der Waals surface area contributed by atoms with E-state index in [1.807, 2.05) is 5.38 Å². The van der Waals surface area contributed by atoms with Crippen molar-refractivity contribution >= 4 is 17.2 Å². The second-order valence-corrected chi connectivity index (χ2v) is 7.00. The maximum atomic E-state index is 13.9. The summed E-state index contributed by atoms with van der Waals surface area (Å²) >= 11 is 1.57. The highest BCUT2D eigenvalue weighted by Crippen LogP contribution is 2.24. The third-order valence-electron chi connectivity index (χ3n) is 4.23. The number of aryl methyl sites for hydroxylation is 1. The first kappa shape index (κ1) is 17.0. The van der Waals surface area contributed by atoms with Crippen LogP contribution >= 0.6 is 11.3 Å². The second kappa shape index (κ2) is 7.80. The Morgan fingerprint density at radius 3 is 3.12 bits per heavy atom. The van der Waals surface area contributed by atoms with E-state index in [1.54, 1.807) is 40.5 Å². The van der Waals surface area contributed by atoms with Gasteiger partial charge in [-0.05, 0) is 6.42 Å². The maximum Gasteiger partial charge on any atom is 0.224 e. The average Bonchev–Trinajstić information content (AvgIpc) is 3.29. The van der Waals surface area contributed by atoms with Gasteiger partial charge in [-0.2, -0.15) is 5.10 Å². The molecule has 1 amide bonds. The molecule has 0 radical (unpaired) electrons. The number of thiazole rings is 1. The van der Waals surface area contributed by atoms with Gasteiger partial charge in [-0.1, -0.05) is 0 Å². The number of alkyl halides is 1. The monoisotopic (exact) mass is 352 g/mol. The molecule has 1 fully saturated rings. The van der Waals surface area contributed by atoms with Crippen LogP contribution in [-0.2, 0) is 17.9 Å². The number of amides is 1. The largest absolute Gasteiger partial charge is 0.344 e. The number of nitrogens with zero attached hydrogens (tertiary/aromatic N) is 6. The van der Waals surface area contributed by atoms with Crippen molar-refractivity contribution in [1.29, 1.82) is 0 Å². The van der Waals surface area contributed by atoms with Gasteiger partial charge in [0.15, 0.2) is 0 Å². The van der Waals surface area contributed by atoms with Crippen molar-refractivity contribution < 1.29 is 9.18 Å². The molecule has 0 spiro atoms. The zero-order valence-electron chi connectivity index (χ0n) is 13.6. The van der Waals surface area contributed by atoms with Crippen molar-refractivity contribution in [2.45, 2.75) is 38.1 Å². The van der Waals surface area contributed by atoms with E-state index in [9.17, 15) is 9.18 Å². The lowest BCUT2D eigenvalue weighted by Crippen LogP contribution is -2.41. The Hall–Kier alpha value is -1.87. The number of hydrogen-bond donors (Lipinski definition) is 0. The standard InChI is InChI=1S/C15H21FN6OS/c1-20(15(23)2-4-22-11-17-10-19-22)8-13-6-12(16)7-21(13)9-14-18-3-5-24-14/h3,5,10-13H,2,4,6-9H2,1H3/t12-,13-/m0/s1. The Labute approximate surface area is 144 Å². The lowest BCUT2D eigenvalue weighted by molar-refractivity contribution is -0.130. The molecule has 0 bridgehead atoms. The van der Waals surface area contributed by atoms with Gasteiger partial charge in [-0.25, -0.2) is 14.4 Å². The molecule has 24 heavy (non-hydrogen) atoms. The molecule has 1 aliphatic heterocycles. The normalized spacial score (nSPS) is 21.2. The van der Waals surface area contributed by atoms with Crippen molar-refractivity contribution in [3.63, 3.8) is 0 Å². The molecule has 130 valence electrons. The van der Waals surface area contributed by atoms with E-state index in [4.69, 9.17) is 0 Å². The summed E-state index contributed by atoms with van der Waals surface area (Å²) in [7, 11) is 1.77. The van der Waals surface area contributed by atoms with Gasteiger partial charge in [-0.15, -0.1) is 11.3 Å². The van der Waals surface area contributed by atoms with E-state index in [-0.39, 0.29) is 11.9 Å². The van der Waals surface area contributed by atoms with Crippen LogP contribution in [0.15, 0.2) is 24.2 Å². The van der Waals surface area contributed by atoms with E-state index in [1.165, 1.54) is 6.33 Å². The maximum absolute atomic E-state index is 13.9. The molecule has 0 unspecified atom stereocenters.